The van der Waals surface area contributed by atoms with Gasteiger partial charge in [0.25, 0.3) is 15.9 Å². The third kappa shape index (κ3) is 5.09. The second kappa shape index (κ2) is 9.68. The minimum absolute atomic E-state index is 0.0267. The van der Waals surface area contributed by atoms with E-state index < -0.39 is 10.0 Å². The van der Waals surface area contributed by atoms with Gasteiger partial charge in [-0.1, -0.05) is 47.5 Å². The number of ether oxygens (including phenoxy) is 1. The topological polar surface area (TPSA) is 94.1 Å². The summed E-state index contributed by atoms with van der Waals surface area (Å²) >= 11 is 12.1. The molecule has 2 heterocycles. The fourth-order valence-corrected chi connectivity index (χ4v) is 4.78. The van der Waals surface area contributed by atoms with Gasteiger partial charge in [-0.2, -0.15) is 0 Å². The zero-order valence-corrected chi connectivity index (χ0v) is 19.0. The molecule has 7 nitrogen and oxygen atoms in total. The van der Waals surface area contributed by atoms with Crippen LogP contribution in [0.2, 0.25) is 10.0 Å². The van der Waals surface area contributed by atoms with Crippen LogP contribution in [0.3, 0.4) is 0 Å². The van der Waals surface area contributed by atoms with Gasteiger partial charge in [0.05, 0.1) is 27.7 Å². The molecule has 0 unspecified atom stereocenters. The van der Waals surface area contributed by atoms with Crippen molar-refractivity contribution in [3.63, 3.8) is 0 Å². The number of benzene rings is 2. The Morgan fingerprint density at radius 3 is 2.47 bits per heavy atom. The van der Waals surface area contributed by atoms with Crippen LogP contribution >= 0.6 is 23.2 Å². The van der Waals surface area contributed by atoms with E-state index in [1.807, 2.05) is 18.2 Å². The average Bonchev–Trinajstić information content (AvgIpc) is 2.79. The minimum Gasteiger partial charge on any atom is -0.475 e. The summed E-state index contributed by atoms with van der Waals surface area (Å²) in [5, 5.41) is 0.0559. The average molecular weight is 489 g/mol. The van der Waals surface area contributed by atoms with Gasteiger partial charge >= 0.3 is 0 Å². The first-order chi connectivity index (χ1) is 15.4. The first-order valence-electron chi connectivity index (χ1n) is 9.69. The molecular formula is C22H18Cl2N4O3S. The Hall–Kier alpha value is -2.94. The fourth-order valence-electron chi connectivity index (χ4n) is 3.02. The number of aryl methyl sites for hydroxylation is 1. The predicted octanol–water partition coefficient (Wildman–Crippen LogP) is 5.14. The molecular weight excluding hydrogens is 471 g/mol. The van der Waals surface area contributed by atoms with Gasteiger partial charge in [-0.15, -0.1) is 0 Å². The Kier molecular flexibility index (Phi) is 6.74. The standard InChI is InChI=1S/C22H18Cl2N4O3S/c23-16-8-3-11-19(20(16)24)32(29,30)28-21-22(27-18-10-2-1-9-17(18)26-21)31-13-5-7-15-6-4-12-25-14-15/h1-4,6,8-12,14H,5,7,13H2,(H,26,28). The molecule has 4 rings (SSSR count). The number of halogens is 2. The second-order valence-electron chi connectivity index (χ2n) is 6.84. The third-order valence-corrected chi connectivity index (χ3v) is 6.86. The summed E-state index contributed by atoms with van der Waals surface area (Å²) in [7, 11) is -4.09. The van der Waals surface area contributed by atoms with Crippen LogP contribution in [0.1, 0.15) is 12.0 Å². The molecule has 32 heavy (non-hydrogen) atoms. The fraction of sp³-hybridized carbons (Fsp3) is 0.136. The van der Waals surface area contributed by atoms with Crippen LogP contribution in [0.4, 0.5) is 5.82 Å². The predicted molar refractivity (Wildman–Crippen MR) is 125 cm³/mol. The Labute approximate surface area is 195 Å². The van der Waals surface area contributed by atoms with Crippen LogP contribution < -0.4 is 9.46 Å². The maximum Gasteiger partial charge on any atom is 0.264 e. The summed E-state index contributed by atoms with van der Waals surface area (Å²) in [5.41, 5.74) is 2.18. The van der Waals surface area contributed by atoms with Crippen LogP contribution in [0.5, 0.6) is 5.88 Å². The van der Waals surface area contributed by atoms with Gasteiger partial charge in [0.15, 0.2) is 0 Å². The van der Waals surface area contributed by atoms with E-state index in [1.54, 1.807) is 30.6 Å². The minimum atomic E-state index is -4.09. The number of hydrogen-bond acceptors (Lipinski definition) is 6. The zero-order chi connectivity index (χ0) is 22.6. The lowest BCUT2D eigenvalue weighted by Crippen LogP contribution is -2.16. The highest BCUT2D eigenvalue weighted by molar-refractivity contribution is 7.92. The van der Waals surface area contributed by atoms with Crippen molar-refractivity contribution >= 4 is 50.1 Å². The van der Waals surface area contributed by atoms with E-state index in [2.05, 4.69) is 19.7 Å². The molecule has 0 radical (unpaired) electrons. The van der Waals surface area contributed by atoms with Crippen molar-refractivity contribution < 1.29 is 13.2 Å². The maximum absolute atomic E-state index is 13.0. The third-order valence-electron chi connectivity index (χ3n) is 4.55. The Morgan fingerprint density at radius 1 is 0.938 bits per heavy atom. The molecule has 0 saturated carbocycles. The number of nitrogens with one attached hydrogen (secondary N) is 1. The Bertz CT molecular complexity index is 1350. The van der Waals surface area contributed by atoms with Gasteiger partial charge in [0.1, 0.15) is 4.90 Å². The summed E-state index contributed by atoms with van der Waals surface area (Å²) < 4.78 is 34.3. The van der Waals surface area contributed by atoms with Crippen molar-refractivity contribution in [3.8, 4) is 5.88 Å². The number of hydrogen-bond donors (Lipinski definition) is 1. The summed E-state index contributed by atoms with van der Waals surface area (Å²) in [6.45, 7) is 0.314. The molecule has 2 aromatic carbocycles. The van der Waals surface area contributed by atoms with Crippen molar-refractivity contribution in [2.45, 2.75) is 17.7 Å². The van der Waals surface area contributed by atoms with Crippen LogP contribution in [-0.4, -0.2) is 30.0 Å². The highest BCUT2D eigenvalue weighted by atomic mass is 35.5. The smallest absolute Gasteiger partial charge is 0.264 e. The molecule has 0 atom stereocenters. The van der Waals surface area contributed by atoms with Crippen molar-refractivity contribution in [2.24, 2.45) is 0 Å². The molecule has 2 aromatic heterocycles. The zero-order valence-electron chi connectivity index (χ0n) is 16.7. The highest BCUT2D eigenvalue weighted by Gasteiger charge is 2.23. The van der Waals surface area contributed by atoms with E-state index in [-0.39, 0.29) is 26.6 Å². The van der Waals surface area contributed by atoms with Gasteiger partial charge < -0.3 is 4.74 Å². The molecule has 0 saturated heterocycles. The lowest BCUT2D eigenvalue weighted by Gasteiger charge is -2.14. The first-order valence-corrected chi connectivity index (χ1v) is 11.9. The molecule has 0 fully saturated rings. The lowest BCUT2D eigenvalue weighted by molar-refractivity contribution is 0.301. The van der Waals surface area contributed by atoms with Crippen molar-refractivity contribution in [1.82, 2.24) is 15.0 Å². The number of fused-ring (bicyclic) bond motifs is 1. The van der Waals surface area contributed by atoms with Crippen molar-refractivity contribution in [2.75, 3.05) is 11.3 Å². The number of pyridine rings is 1. The Morgan fingerprint density at radius 2 is 1.72 bits per heavy atom. The lowest BCUT2D eigenvalue weighted by atomic mass is 10.2. The molecule has 0 aliphatic heterocycles. The Balaban J connectivity index is 1.60. The van der Waals surface area contributed by atoms with Gasteiger partial charge in [-0.05, 0) is 48.7 Å². The van der Waals surface area contributed by atoms with E-state index >= 15 is 0 Å². The molecule has 0 bridgehead atoms. The molecule has 10 heteroatoms. The number of aromatic nitrogens is 3. The molecule has 4 aromatic rings. The summed E-state index contributed by atoms with van der Waals surface area (Å²) in [5.74, 6) is 0.0535. The molecule has 0 aliphatic carbocycles. The summed E-state index contributed by atoms with van der Waals surface area (Å²) in [4.78, 5) is 12.8. The van der Waals surface area contributed by atoms with Crippen LogP contribution in [-0.2, 0) is 16.4 Å². The molecule has 0 spiro atoms. The number of anilines is 1. The quantitative estimate of drug-likeness (QED) is 0.345. The monoisotopic (exact) mass is 488 g/mol. The second-order valence-corrected chi connectivity index (χ2v) is 9.27. The molecule has 164 valence electrons. The molecule has 0 aliphatic rings. The number of nitrogens with zero attached hydrogens (tertiary/aromatic N) is 3. The van der Waals surface area contributed by atoms with E-state index in [1.165, 1.54) is 18.2 Å². The van der Waals surface area contributed by atoms with E-state index in [4.69, 9.17) is 27.9 Å². The van der Waals surface area contributed by atoms with Gasteiger partial charge in [0.2, 0.25) is 5.82 Å². The summed E-state index contributed by atoms with van der Waals surface area (Å²) in [6.07, 6.45) is 4.96. The SMILES string of the molecule is O=S(=O)(Nc1nc2ccccc2nc1OCCCc1cccnc1)c1cccc(Cl)c1Cl. The van der Waals surface area contributed by atoms with E-state index in [0.29, 0.717) is 24.1 Å². The van der Waals surface area contributed by atoms with Gasteiger partial charge in [-0.25, -0.2) is 18.4 Å². The first kappa shape index (κ1) is 22.3. The summed E-state index contributed by atoms with van der Waals surface area (Å²) in [6, 6.07) is 15.3. The maximum atomic E-state index is 13.0. The molecule has 0 amide bonds. The van der Waals surface area contributed by atoms with Crippen molar-refractivity contribution in [1.29, 1.82) is 0 Å². The van der Waals surface area contributed by atoms with Crippen LogP contribution in [0, 0.1) is 0 Å². The van der Waals surface area contributed by atoms with E-state index in [9.17, 15) is 8.42 Å². The van der Waals surface area contributed by atoms with Crippen LogP contribution in [0.15, 0.2) is 71.9 Å². The molecule has 1 N–H and O–H groups in total. The number of rotatable bonds is 8. The van der Waals surface area contributed by atoms with E-state index in [0.717, 1.165) is 12.0 Å². The van der Waals surface area contributed by atoms with Crippen LogP contribution in [0.25, 0.3) is 11.0 Å². The normalized spacial score (nSPS) is 11.4. The number of para-hydroxylation sites is 2. The van der Waals surface area contributed by atoms with Gasteiger partial charge in [-0.3, -0.25) is 9.71 Å². The largest absolute Gasteiger partial charge is 0.475 e. The highest BCUT2D eigenvalue weighted by Crippen LogP contribution is 2.32. The van der Waals surface area contributed by atoms with Gasteiger partial charge in [0, 0.05) is 12.4 Å². The number of sulfonamides is 1. The van der Waals surface area contributed by atoms with Crippen molar-refractivity contribution in [3.05, 3.63) is 82.6 Å².